The Kier molecular flexibility index (Phi) is 6.00. The van der Waals surface area contributed by atoms with Crippen molar-refractivity contribution in [1.29, 1.82) is 0 Å². The van der Waals surface area contributed by atoms with Gasteiger partial charge in [0.2, 0.25) is 5.91 Å². The Labute approximate surface area is 180 Å². The lowest BCUT2D eigenvalue weighted by Crippen LogP contribution is -2.22. The standard InChI is InChI=1S/C25H23N3OS/c1-17-10-9-15-21(16-17)26-24(29)18(2)30-25-27-22(19-11-5-3-6-12-19)23(28-25)20-13-7-4-8-14-20/h3-16,18H,1-2H3,(H,26,29)(H,27,28). The molecule has 3 aromatic carbocycles. The van der Waals surface area contributed by atoms with Crippen LogP contribution < -0.4 is 5.32 Å². The van der Waals surface area contributed by atoms with Crippen LogP contribution in [0.4, 0.5) is 5.69 Å². The highest BCUT2D eigenvalue weighted by Crippen LogP contribution is 2.33. The van der Waals surface area contributed by atoms with Crippen LogP contribution in [0.15, 0.2) is 90.1 Å². The average Bonchev–Trinajstić information content (AvgIpc) is 3.19. The summed E-state index contributed by atoms with van der Waals surface area (Å²) in [7, 11) is 0. The lowest BCUT2D eigenvalue weighted by atomic mass is 10.1. The van der Waals surface area contributed by atoms with Crippen molar-refractivity contribution in [2.24, 2.45) is 0 Å². The number of nitrogens with one attached hydrogen (secondary N) is 2. The van der Waals surface area contributed by atoms with E-state index in [0.717, 1.165) is 38.9 Å². The summed E-state index contributed by atoms with van der Waals surface area (Å²) in [6, 6.07) is 28.0. The third-order valence-electron chi connectivity index (χ3n) is 4.74. The van der Waals surface area contributed by atoms with Gasteiger partial charge in [-0.05, 0) is 31.5 Å². The molecule has 0 aliphatic rings. The first-order chi connectivity index (χ1) is 14.6. The molecule has 0 saturated heterocycles. The number of carbonyl (C=O) groups excluding carboxylic acids is 1. The maximum atomic E-state index is 12.7. The Morgan fingerprint density at radius 2 is 1.60 bits per heavy atom. The molecule has 30 heavy (non-hydrogen) atoms. The minimum Gasteiger partial charge on any atom is -0.332 e. The van der Waals surface area contributed by atoms with Gasteiger partial charge in [0.25, 0.3) is 0 Å². The summed E-state index contributed by atoms with van der Waals surface area (Å²) in [5.74, 6) is -0.0514. The molecule has 0 fully saturated rings. The highest BCUT2D eigenvalue weighted by atomic mass is 32.2. The van der Waals surface area contributed by atoms with Crippen LogP contribution in [-0.2, 0) is 4.79 Å². The molecule has 0 spiro atoms. The van der Waals surface area contributed by atoms with E-state index in [1.807, 2.05) is 86.6 Å². The zero-order valence-electron chi connectivity index (χ0n) is 16.9. The smallest absolute Gasteiger partial charge is 0.237 e. The highest BCUT2D eigenvalue weighted by Gasteiger charge is 2.20. The molecule has 1 amide bonds. The largest absolute Gasteiger partial charge is 0.332 e. The SMILES string of the molecule is Cc1cccc(NC(=O)C(C)Sc2nc(-c3ccccc3)c(-c3ccccc3)[nH]2)c1. The van der Waals surface area contributed by atoms with Gasteiger partial charge in [-0.2, -0.15) is 0 Å². The van der Waals surface area contributed by atoms with Crippen LogP contribution in [0.2, 0.25) is 0 Å². The zero-order valence-corrected chi connectivity index (χ0v) is 17.7. The molecule has 2 N–H and O–H groups in total. The van der Waals surface area contributed by atoms with Gasteiger partial charge in [0.1, 0.15) is 0 Å². The monoisotopic (exact) mass is 413 g/mol. The van der Waals surface area contributed by atoms with E-state index in [4.69, 9.17) is 4.98 Å². The van der Waals surface area contributed by atoms with Gasteiger partial charge in [-0.15, -0.1) is 0 Å². The molecule has 0 saturated carbocycles. The van der Waals surface area contributed by atoms with Gasteiger partial charge < -0.3 is 10.3 Å². The number of hydrogen-bond donors (Lipinski definition) is 2. The summed E-state index contributed by atoms with van der Waals surface area (Å²) < 4.78 is 0. The van der Waals surface area contributed by atoms with E-state index < -0.39 is 0 Å². The number of anilines is 1. The fourth-order valence-electron chi connectivity index (χ4n) is 3.21. The normalized spacial score (nSPS) is 11.8. The molecule has 1 aromatic heterocycles. The molecule has 1 unspecified atom stereocenters. The van der Waals surface area contributed by atoms with Crippen LogP contribution in [0.3, 0.4) is 0 Å². The molecule has 1 atom stereocenters. The first kappa shape index (κ1) is 20.0. The van der Waals surface area contributed by atoms with Crippen molar-refractivity contribution in [3.63, 3.8) is 0 Å². The molecule has 4 aromatic rings. The van der Waals surface area contributed by atoms with Crippen LogP contribution in [0.1, 0.15) is 12.5 Å². The van der Waals surface area contributed by atoms with Crippen molar-refractivity contribution in [2.75, 3.05) is 5.32 Å². The number of aromatic nitrogens is 2. The van der Waals surface area contributed by atoms with E-state index in [1.165, 1.54) is 11.8 Å². The van der Waals surface area contributed by atoms with Gasteiger partial charge in [-0.3, -0.25) is 4.79 Å². The van der Waals surface area contributed by atoms with Crippen molar-refractivity contribution in [3.05, 3.63) is 90.5 Å². The van der Waals surface area contributed by atoms with Gasteiger partial charge in [-0.1, -0.05) is 84.6 Å². The molecule has 4 nitrogen and oxygen atoms in total. The number of aryl methyl sites for hydroxylation is 1. The fourth-order valence-corrected chi connectivity index (χ4v) is 4.02. The Hall–Kier alpha value is -3.31. The zero-order chi connectivity index (χ0) is 20.9. The topological polar surface area (TPSA) is 57.8 Å². The molecule has 0 bridgehead atoms. The lowest BCUT2D eigenvalue weighted by molar-refractivity contribution is -0.115. The van der Waals surface area contributed by atoms with Crippen LogP contribution in [-0.4, -0.2) is 21.1 Å². The summed E-state index contributed by atoms with van der Waals surface area (Å²) in [5, 5.41) is 3.41. The molecule has 150 valence electrons. The van der Waals surface area contributed by atoms with Crippen LogP contribution >= 0.6 is 11.8 Å². The quantitative estimate of drug-likeness (QED) is 0.372. The molecule has 4 rings (SSSR count). The highest BCUT2D eigenvalue weighted by molar-refractivity contribution is 8.00. The first-order valence-electron chi connectivity index (χ1n) is 9.85. The summed E-state index contributed by atoms with van der Waals surface area (Å²) in [6.07, 6.45) is 0. The molecule has 5 heteroatoms. The van der Waals surface area contributed by atoms with Gasteiger partial charge in [0.05, 0.1) is 16.6 Å². The Bertz CT molecular complexity index is 1080. The van der Waals surface area contributed by atoms with E-state index in [2.05, 4.69) is 22.4 Å². The average molecular weight is 414 g/mol. The Morgan fingerprint density at radius 3 is 2.27 bits per heavy atom. The predicted molar refractivity (Wildman–Crippen MR) is 125 cm³/mol. The molecule has 0 radical (unpaired) electrons. The molecule has 1 heterocycles. The van der Waals surface area contributed by atoms with E-state index in [1.54, 1.807) is 0 Å². The van der Waals surface area contributed by atoms with Crippen molar-refractivity contribution in [1.82, 2.24) is 9.97 Å². The third kappa shape index (κ3) is 4.63. The van der Waals surface area contributed by atoms with E-state index in [9.17, 15) is 4.79 Å². The number of carbonyl (C=O) groups is 1. The number of aromatic amines is 1. The number of hydrogen-bond acceptors (Lipinski definition) is 3. The number of imidazole rings is 1. The van der Waals surface area contributed by atoms with Crippen LogP contribution in [0, 0.1) is 6.92 Å². The number of rotatable bonds is 6. The second-order valence-electron chi connectivity index (χ2n) is 7.12. The summed E-state index contributed by atoms with van der Waals surface area (Å²) in [4.78, 5) is 20.9. The van der Waals surface area contributed by atoms with Crippen molar-refractivity contribution in [2.45, 2.75) is 24.3 Å². The summed E-state index contributed by atoms with van der Waals surface area (Å²) >= 11 is 1.42. The van der Waals surface area contributed by atoms with E-state index in [0.29, 0.717) is 0 Å². The van der Waals surface area contributed by atoms with Crippen LogP contribution in [0.5, 0.6) is 0 Å². The molecule has 0 aliphatic heterocycles. The van der Waals surface area contributed by atoms with Gasteiger partial charge in [0, 0.05) is 16.8 Å². The lowest BCUT2D eigenvalue weighted by Gasteiger charge is -2.11. The van der Waals surface area contributed by atoms with E-state index in [-0.39, 0.29) is 11.2 Å². The van der Waals surface area contributed by atoms with Crippen LogP contribution in [0.25, 0.3) is 22.5 Å². The number of nitrogens with zero attached hydrogens (tertiary/aromatic N) is 1. The Balaban J connectivity index is 1.58. The maximum absolute atomic E-state index is 12.7. The number of benzene rings is 3. The Morgan fingerprint density at radius 1 is 0.933 bits per heavy atom. The molecular weight excluding hydrogens is 390 g/mol. The van der Waals surface area contributed by atoms with Gasteiger partial charge in [-0.25, -0.2) is 4.98 Å². The van der Waals surface area contributed by atoms with Crippen molar-refractivity contribution >= 4 is 23.4 Å². The minimum atomic E-state index is -0.302. The van der Waals surface area contributed by atoms with Gasteiger partial charge >= 0.3 is 0 Å². The summed E-state index contributed by atoms with van der Waals surface area (Å²) in [5.41, 5.74) is 5.86. The third-order valence-corrected chi connectivity index (χ3v) is 5.72. The second kappa shape index (κ2) is 9.01. The van der Waals surface area contributed by atoms with Gasteiger partial charge in [0.15, 0.2) is 5.16 Å². The van der Waals surface area contributed by atoms with Crippen molar-refractivity contribution in [3.8, 4) is 22.5 Å². The minimum absolute atomic E-state index is 0.0514. The first-order valence-corrected chi connectivity index (χ1v) is 10.7. The second-order valence-corrected chi connectivity index (χ2v) is 8.45. The maximum Gasteiger partial charge on any atom is 0.237 e. The number of H-pyrrole nitrogens is 1. The van der Waals surface area contributed by atoms with Crippen molar-refractivity contribution < 1.29 is 4.79 Å². The number of thioether (sulfide) groups is 1. The number of amides is 1. The summed E-state index contributed by atoms with van der Waals surface area (Å²) in [6.45, 7) is 3.90. The molecule has 0 aliphatic carbocycles. The fraction of sp³-hybridized carbons (Fsp3) is 0.120. The van der Waals surface area contributed by atoms with E-state index >= 15 is 0 Å². The predicted octanol–water partition coefficient (Wildman–Crippen LogP) is 6.17. The molecular formula is C25H23N3OS.